The Kier molecular flexibility index (Phi) is 5.69. The van der Waals surface area contributed by atoms with Gasteiger partial charge in [0, 0.05) is 58.8 Å². The van der Waals surface area contributed by atoms with Gasteiger partial charge in [-0.15, -0.1) is 10.2 Å². The molecule has 1 aromatic heterocycles. The van der Waals surface area contributed by atoms with Gasteiger partial charge in [0.1, 0.15) is 12.4 Å². The van der Waals surface area contributed by atoms with Gasteiger partial charge in [0.25, 0.3) is 0 Å². The van der Waals surface area contributed by atoms with Gasteiger partial charge in [-0.25, -0.2) is 4.99 Å². The van der Waals surface area contributed by atoms with E-state index in [1.807, 2.05) is 0 Å². The van der Waals surface area contributed by atoms with Gasteiger partial charge in [-0.05, 0) is 25.7 Å². The van der Waals surface area contributed by atoms with E-state index in [9.17, 15) is 0 Å². The number of hydrogen-bond donors (Lipinski definition) is 1. The zero-order valence-electron chi connectivity index (χ0n) is 15.9. The SMILES string of the molecule is CCNC(=NCc1nnc2n1CCC2)N1CCN(CC2CCOC2)CC1. The highest BCUT2D eigenvalue weighted by molar-refractivity contribution is 5.80. The Bertz CT molecular complexity index is 615. The average Bonchev–Trinajstić information content (AvgIpc) is 3.39. The Hall–Kier alpha value is -1.67. The molecule has 8 heteroatoms. The molecule has 0 aromatic carbocycles. The quantitative estimate of drug-likeness (QED) is 0.603. The Morgan fingerprint density at radius 2 is 2.12 bits per heavy atom. The number of ether oxygens (including phenoxy) is 1. The second-order valence-electron chi connectivity index (χ2n) is 7.48. The van der Waals surface area contributed by atoms with E-state index in [2.05, 4.69) is 36.8 Å². The van der Waals surface area contributed by atoms with E-state index in [1.165, 1.54) is 19.4 Å². The number of aromatic nitrogens is 3. The van der Waals surface area contributed by atoms with Crippen molar-refractivity contribution in [1.82, 2.24) is 29.9 Å². The van der Waals surface area contributed by atoms with Crippen LogP contribution in [0.15, 0.2) is 4.99 Å². The molecule has 4 rings (SSSR count). The van der Waals surface area contributed by atoms with Gasteiger partial charge in [-0.3, -0.25) is 4.90 Å². The van der Waals surface area contributed by atoms with Crippen LogP contribution < -0.4 is 5.32 Å². The third kappa shape index (κ3) is 4.01. The van der Waals surface area contributed by atoms with Crippen molar-refractivity contribution in [3.05, 3.63) is 11.6 Å². The first kappa shape index (κ1) is 17.7. The molecule has 144 valence electrons. The highest BCUT2D eigenvalue weighted by Crippen LogP contribution is 2.16. The van der Waals surface area contributed by atoms with Crippen molar-refractivity contribution in [2.75, 3.05) is 52.5 Å². The summed E-state index contributed by atoms with van der Waals surface area (Å²) in [6.45, 7) is 11.9. The zero-order valence-corrected chi connectivity index (χ0v) is 15.9. The molecule has 0 spiro atoms. The molecule has 0 radical (unpaired) electrons. The summed E-state index contributed by atoms with van der Waals surface area (Å²) in [6, 6.07) is 0. The van der Waals surface area contributed by atoms with Gasteiger partial charge < -0.3 is 19.5 Å². The van der Waals surface area contributed by atoms with E-state index >= 15 is 0 Å². The summed E-state index contributed by atoms with van der Waals surface area (Å²) in [6.07, 6.45) is 3.44. The first-order valence-electron chi connectivity index (χ1n) is 10.1. The minimum atomic E-state index is 0.606. The Morgan fingerprint density at radius 3 is 2.88 bits per heavy atom. The number of hydrogen-bond acceptors (Lipinski definition) is 5. The van der Waals surface area contributed by atoms with Crippen molar-refractivity contribution >= 4 is 5.96 Å². The molecule has 1 N–H and O–H groups in total. The van der Waals surface area contributed by atoms with Crippen molar-refractivity contribution in [2.45, 2.75) is 39.3 Å². The fraction of sp³-hybridized carbons (Fsp3) is 0.833. The summed E-state index contributed by atoms with van der Waals surface area (Å²) in [4.78, 5) is 9.81. The molecule has 26 heavy (non-hydrogen) atoms. The topological polar surface area (TPSA) is 70.8 Å². The summed E-state index contributed by atoms with van der Waals surface area (Å²) in [5.74, 6) is 3.84. The molecule has 1 unspecified atom stereocenters. The highest BCUT2D eigenvalue weighted by atomic mass is 16.5. The van der Waals surface area contributed by atoms with Crippen LogP contribution >= 0.6 is 0 Å². The van der Waals surface area contributed by atoms with E-state index in [-0.39, 0.29) is 0 Å². The summed E-state index contributed by atoms with van der Waals surface area (Å²) in [5, 5.41) is 12.1. The van der Waals surface area contributed by atoms with Crippen LogP contribution in [-0.2, 0) is 24.2 Å². The maximum Gasteiger partial charge on any atom is 0.194 e. The summed E-state index contributed by atoms with van der Waals surface area (Å²) >= 11 is 0. The van der Waals surface area contributed by atoms with E-state index in [0.717, 1.165) is 82.4 Å². The first-order chi connectivity index (χ1) is 12.8. The summed E-state index contributed by atoms with van der Waals surface area (Å²) < 4.78 is 7.74. The molecular formula is C18H31N7O. The lowest BCUT2D eigenvalue weighted by Crippen LogP contribution is -2.53. The van der Waals surface area contributed by atoms with Crippen molar-refractivity contribution in [3.63, 3.8) is 0 Å². The third-order valence-electron chi connectivity index (χ3n) is 5.60. The van der Waals surface area contributed by atoms with Gasteiger partial charge in [-0.1, -0.05) is 0 Å². The van der Waals surface area contributed by atoms with Crippen LogP contribution in [-0.4, -0.2) is 83.0 Å². The summed E-state index contributed by atoms with van der Waals surface area (Å²) in [7, 11) is 0. The zero-order chi connectivity index (χ0) is 17.8. The first-order valence-corrected chi connectivity index (χ1v) is 10.1. The number of aryl methyl sites for hydroxylation is 1. The standard InChI is InChI=1S/C18H31N7O/c1-2-19-18(20-12-17-22-21-16-4-3-6-25(16)17)24-9-7-23(8-10-24)13-15-5-11-26-14-15/h15H,2-14H2,1H3,(H,19,20). The molecule has 0 aliphatic carbocycles. The van der Waals surface area contributed by atoms with Crippen molar-refractivity contribution in [3.8, 4) is 0 Å². The molecule has 4 heterocycles. The molecule has 2 fully saturated rings. The molecule has 0 amide bonds. The van der Waals surface area contributed by atoms with E-state index in [4.69, 9.17) is 9.73 Å². The molecule has 1 aromatic rings. The van der Waals surface area contributed by atoms with Gasteiger partial charge in [-0.2, -0.15) is 0 Å². The molecule has 3 aliphatic rings. The fourth-order valence-electron chi connectivity index (χ4n) is 4.13. The third-order valence-corrected chi connectivity index (χ3v) is 5.60. The van der Waals surface area contributed by atoms with Crippen LogP contribution in [0.5, 0.6) is 0 Å². The van der Waals surface area contributed by atoms with Gasteiger partial charge >= 0.3 is 0 Å². The van der Waals surface area contributed by atoms with Gasteiger partial charge in [0.05, 0.1) is 6.61 Å². The van der Waals surface area contributed by atoms with Crippen molar-refractivity contribution < 1.29 is 4.74 Å². The van der Waals surface area contributed by atoms with Crippen LogP contribution in [0, 0.1) is 5.92 Å². The smallest absolute Gasteiger partial charge is 0.194 e. The Balaban J connectivity index is 1.32. The average molecular weight is 361 g/mol. The lowest BCUT2D eigenvalue weighted by Gasteiger charge is -2.37. The minimum absolute atomic E-state index is 0.606. The molecule has 0 bridgehead atoms. The number of rotatable bonds is 5. The van der Waals surface area contributed by atoms with Crippen molar-refractivity contribution in [2.24, 2.45) is 10.9 Å². The van der Waals surface area contributed by atoms with Crippen LogP contribution in [0.4, 0.5) is 0 Å². The predicted octanol–water partition coefficient (Wildman–Crippen LogP) is 0.344. The molecule has 2 saturated heterocycles. The fourth-order valence-corrected chi connectivity index (χ4v) is 4.13. The summed E-state index contributed by atoms with van der Waals surface area (Å²) in [5.41, 5.74) is 0. The van der Waals surface area contributed by atoms with Crippen LogP contribution in [0.3, 0.4) is 0 Å². The van der Waals surface area contributed by atoms with Crippen molar-refractivity contribution in [1.29, 1.82) is 0 Å². The Labute approximate surface area is 155 Å². The van der Waals surface area contributed by atoms with Crippen LogP contribution in [0.25, 0.3) is 0 Å². The van der Waals surface area contributed by atoms with E-state index in [0.29, 0.717) is 6.54 Å². The second-order valence-corrected chi connectivity index (χ2v) is 7.48. The maximum atomic E-state index is 5.51. The molecular weight excluding hydrogens is 330 g/mol. The van der Waals surface area contributed by atoms with Gasteiger partial charge in [0.15, 0.2) is 11.8 Å². The molecule has 3 aliphatic heterocycles. The van der Waals surface area contributed by atoms with Gasteiger partial charge in [0.2, 0.25) is 0 Å². The minimum Gasteiger partial charge on any atom is -0.381 e. The van der Waals surface area contributed by atoms with Crippen LogP contribution in [0.2, 0.25) is 0 Å². The number of guanidine groups is 1. The lowest BCUT2D eigenvalue weighted by molar-refractivity contribution is 0.139. The number of fused-ring (bicyclic) bond motifs is 1. The highest BCUT2D eigenvalue weighted by Gasteiger charge is 2.24. The maximum absolute atomic E-state index is 5.51. The number of nitrogens with zero attached hydrogens (tertiary/aromatic N) is 6. The number of aliphatic imine (C=N–C) groups is 1. The normalized spacial score (nSPS) is 24.3. The predicted molar refractivity (Wildman–Crippen MR) is 100 cm³/mol. The molecule has 1 atom stereocenters. The number of piperazine rings is 1. The Morgan fingerprint density at radius 1 is 1.23 bits per heavy atom. The van der Waals surface area contributed by atoms with E-state index < -0.39 is 0 Å². The lowest BCUT2D eigenvalue weighted by atomic mass is 10.1. The molecule has 0 saturated carbocycles. The molecule has 8 nitrogen and oxygen atoms in total. The largest absolute Gasteiger partial charge is 0.381 e. The monoisotopic (exact) mass is 361 g/mol. The van der Waals surface area contributed by atoms with Crippen LogP contribution in [0.1, 0.15) is 31.4 Å². The van der Waals surface area contributed by atoms with E-state index in [1.54, 1.807) is 0 Å². The second kappa shape index (κ2) is 8.35. The number of nitrogens with one attached hydrogen (secondary N) is 1.